The second-order valence-corrected chi connectivity index (χ2v) is 5.35. The first-order chi connectivity index (χ1) is 8.58. The van der Waals surface area contributed by atoms with E-state index in [4.69, 9.17) is 15.7 Å². The summed E-state index contributed by atoms with van der Waals surface area (Å²) in [5.41, 5.74) is 5.55. The minimum absolute atomic E-state index is 0.305. The van der Waals surface area contributed by atoms with Gasteiger partial charge in [-0.1, -0.05) is 5.16 Å². The Hall–Kier alpha value is -0.810. The number of amidine groups is 1. The third-order valence-electron chi connectivity index (χ3n) is 3.82. The van der Waals surface area contributed by atoms with Crippen LogP contribution in [0.15, 0.2) is 5.16 Å². The van der Waals surface area contributed by atoms with E-state index < -0.39 is 0 Å². The van der Waals surface area contributed by atoms with Crippen molar-refractivity contribution in [3.05, 3.63) is 0 Å². The van der Waals surface area contributed by atoms with Crippen LogP contribution in [0.5, 0.6) is 0 Å². The first-order valence-corrected chi connectivity index (χ1v) is 6.83. The van der Waals surface area contributed by atoms with Crippen molar-refractivity contribution in [1.29, 1.82) is 0 Å². The van der Waals surface area contributed by atoms with E-state index in [1.54, 1.807) is 7.11 Å². The molecule has 2 atom stereocenters. The Bertz CT molecular complexity index is 269. The van der Waals surface area contributed by atoms with Gasteiger partial charge in [-0.05, 0) is 39.5 Å². The van der Waals surface area contributed by atoms with E-state index >= 15 is 0 Å². The first-order valence-electron chi connectivity index (χ1n) is 6.83. The van der Waals surface area contributed by atoms with Crippen LogP contribution in [0.3, 0.4) is 0 Å². The highest BCUT2D eigenvalue weighted by Crippen LogP contribution is 2.26. The molecular weight excluding hydrogens is 230 g/mol. The summed E-state index contributed by atoms with van der Waals surface area (Å²) in [7, 11) is 1.79. The van der Waals surface area contributed by atoms with Gasteiger partial charge in [-0.25, -0.2) is 0 Å². The maximum Gasteiger partial charge on any atom is 0.140 e. The van der Waals surface area contributed by atoms with Crippen LogP contribution >= 0.6 is 0 Å². The lowest BCUT2D eigenvalue weighted by Gasteiger charge is -2.39. The highest BCUT2D eigenvalue weighted by Gasteiger charge is 2.27. The molecule has 0 aromatic heterocycles. The molecule has 0 heterocycles. The second-order valence-electron chi connectivity index (χ2n) is 5.35. The quantitative estimate of drug-likeness (QED) is 0.329. The number of nitrogens with zero attached hydrogens (tertiary/aromatic N) is 2. The van der Waals surface area contributed by atoms with Gasteiger partial charge in [0.1, 0.15) is 5.84 Å². The normalized spacial score (nSPS) is 25.9. The van der Waals surface area contributed by atoms with Crippen molar-refractivity contribution < 1.29 is 9.94 Å². The highest BCUT2D eigenvalue weighted by atomic mass is 16.5. The van der Waals surface area contributed by atoms with E-state index in [2.05, 4.69) is 23.9 Å². The summed E-state index contributed by atoms with van der Waals surface area (Å²) >= 11 is 0. The molecule has 2 unspecified atom stereocenters. The molecule has 3 N–H and O–H groups in total. The van der Waals surface area contributed by atoms with Gasteiger partial charge in [0, 0.05) is 32.2 Å². The monoisotopic (exact) mass is 257 g/mol. The molecule has 5 nitrogen and oxygen atoms in total. The van der Waals surface area contributed by atoms with Crippen molar-refractivity contribution in [3.63, 3.8) is 0 Å². The minimum Gasteiger partial charge on any atom is -0.409 e. The maximum absolute atomic E-state index is 8.60. The predicted octanol–water partition coefficient (Wildman–Crippen LogP) is 1.79. The molecule has 1 aliphatic rings. The Labute approximate surface area is 110 Å². The zero-order chi connectivity index (χ0) is 13.5. The van der Waals surface area contributed by atoms with Gasteiger partial charge in [0.2, 0.25) is 0 Å². The van der Waals surface area contributed by atoms with Gasteiger partial charge in [0.05, 0.1) is 6.10 Å². The third-order valence-corrected chi connectivity index (χ3v) is 3.82. The summed E-state index contributed by atoms with van der Waals surface area (Å²) in [5.74, 6) is 0.305. The molecule has 0 aliphatic heterocycles. The smallest absolute Gasteiger partial charge is 0.140 e. The third kappa shape index (κ3) is 4.46. The molecule has 1 fully saturated rings. The molecular formula is C13H27N3O2. The fourth-order valence-corrected chi connectivity index (χ4v) is 2.79. The van der Waals surface area contributed by atoms with Crippen LogP contribution in [0.2, 0.25) is 0 Å². The van der Waals surface area contributed by atoms with Crippen molar-refractivity contribution in [3.8, 4) is 0 Å². The number of hydrogen-bond acceptors (Lipinski definition) is 4. The number of oxime groups is 1. The van der Waals surface area contributed by atoms with Crippen LogP contribution in [0.25, 0.3) is 0 Å². The van der Waals surface area contributed by atoms with E-state index in [1.807, 2.05) is 0 Å². The van der Waals surface area contributed by atoms with E-state index in [0.717, 1.165) is 13.0 Å². The molecule has 0 aromatic rings. The molecule has 1 saturated carbocycles. The zero-order valence-corrected chi connectivity index (χ0v) is 11.8. The van der Waals surface area contributed by atoms with E-state index in [0.29, 0.717) is 30.4 Å². The van der Waals surface area contributed by atoms with Crippen LogP contribution in [-0.4, -0.2) is 47.8 Å². The molecule has 1 rings (SSSR count). The Morgan fingerprint density at radius 2 is 2.22 bits per heavy atom. The number of ether oxygens (including phenoxy) is 1. The standard InChI is InChI=1S/C13H27N3O2/c1-10(2)16(8-7-13(14)15-17)11-5-4-6-12(9-11)18-3/h10-12,17H,4-9H2,1-3H3,(H2,14,15). The lowest BCUT2D eigenvalue weighted by molar-refractivity contribution is 0.0196. The highest BCUT2D eigenvalue weighted by molar-refractivity contribution is 5.79. The van der Waals surface area contributed by atoms with Gasteiger partial charge in [0.15, 0.2) is 0 Å². The number of rotatable bonds is 6. The summed E-state index contributed by atoms with van der Waals surface area (Å²) in [6, 6.07) is 1.02. The largest absolute Gasteiger partial charge is 0.409 e. The molecule has 0 bridgehead atoms. The summed E-state index contributed by atoms with van der Waals surface area (Å²) in [5, 5.41) is 11.6. The summed E-state index contributed by atoms with van der Waals surface area (Å²) < 4.78 is 5.48. The van der Waals surface area contributed by atoms with Crippen molar-refractivity contribution >= 4 is 5.84 Å². The molecule has 5 heteroatoms. The van der Waals surface area contributed by atoms with Crippen LogP contribution < -0.4 is 5.73 Å². The Balaban J connectivity index is 2.55. The molecule has 0 saturated heterocycles. The Morgan fingerprint density at radius 1 is 1.50 bits per heavy atom. The SMILES string of the molecule is COC1CCCC(N(CCC(N)=NO)C(C)C)C1. The van der Waals surface area contributed by atoms with E-state index in [9.17, 15) is 0 Å². The fraction of sp³-hybridized carbons (Fsp3) is 0.923. The molecule has 0 spiro atoms. The van der Waals surface area contributed by atoms with Gasteiger partial charge < -0.3 is 15.7 Å². The van der Waals surface area contributed by atoms with Crippen molar-refractivity contribution in [1.82, 2.24) is 4.90 Å². The first kappa shape index (κ1) is 15.2. The van der Waals surface area contributed by atoms with Crippen LogP contribution in [-0.2, 0) is 4.74 Å². The number of nitrogens with two attached hydrogens (primary N) is 1. The zero-order valence-electron chi connectivity index (χ0n) is 11.8. The second kappa shape index (κ2) is 7.59. The van der Waals surface area contributed by atoms with Gasteiger partial charge in [0.25, 0.3) is 0 Å². The van der Waals surface area contributed by atoms with Gasteiger partial charge in [-0.2, -0.15) is 0 Å². The van der Waals surface area contributed by atoms with Crippen molar-refractivity contribution in [2.45, 2.75) is 64.1 Å². The molecule has 106 valence electrons. The molecule has 0 radical (unpaired) electrons. The maximum atomic E-state index is 8.60. The Morgan fingerprint density at radius 3 is 2.78 bits per heavy atom. The van der Waals surface area contributed by atoms with Crippen LogP contribution in [0.1, 0.15) is 46.0 Å². The topological polar surface area (TPSA) is 71.1 Å². The minimum atomic E-state index is 0.305. The average molecular weight is 257 g/mol. The van der Waals surface area contributed by atoms with Crippen LogP contribution in [0.4, 0.5) is 0 Å². The molecule has 0 amide bonds. The average Bonchev–Trinajstić information content (AvgIpc) is 2.38. The number of hydrogen-bond donors (Lipinski definition) is 2. The summed E-state index contributed by atoms with van der Waals surface area (Å²) in [6.07, 6.45) is 5.69. The summed E-state index contributed by atoms with van der Waals surface area (Å²) in [6.45, 7) is 5.24. The molecule has 18 heavy (non-hydrogen) atoms. The Kier molecular flexibility index (Phi) is 6.43. The molecule has 1 aliphatic carbocycles. The van der Waals surface area contributed by atoms with Crippen molar-refractivity contribution in [2.24, 2.45) is 10.9 Å². The van der Waals surface area contributed by atoms with Gasteiger partial charge in [-0.15, -0.1) is 0 Å². The van der Waals surface area contributed by atoms with Gasteiger partial charge in [-0.3, -0.25) is 4.90 Å². The number of methoxy groups -OCH3 is 1. The predicted molar refractivity (Wildman–Crippen MR) is 72.9 cm³/mol. The van der Waals surface area contributed by atoms with Crippen LogP contribution in [0, 0.1) is 0 Å². The lowest BCUT2D eigenvalue weighted by Crippen LogP contribution is -2.45. The van der Waals surface area contributed by atoms with Crippen molar-refractivity contribution in [2.75, 3.05) is 13.7 Å². The molecule has 0 aromatic carbocycles. The van der Waals surface area contributed by atoms with Gasteiger partial charge >= 0.3 is 0 Å². The van der Waals surface area contributed by atoms with E-state index in [-0.39, 0.29) is 0 Å². The summed E-state index contributed by atoms with van der Waals surface area (Å²) in [4.78, 5) is 2.45. The lowest BCUT2D eigenvalue weighted by atomic mass is 9.91. The fourth-order valence-electron chi connectivity index (χ4n) is 2.79. The van der Waals surface area contributed by atoms with E-state index in [1.165, 1.54) is 19.3 Å².